The number of aliphatic hydroxyl groups excluding tert-OH is 1. The first kappa shape index (κ1) is 8.53. The summed E-state index contributed by atoms with van der Waals surface area (Å²) in [5.41, 5.74) is 0. The van der Waals surface area contributed by atoms with Gasteiger partial charge in [0, 0.05) is 12.8 Å². The standard InChI is InChI=1S/C8H14O3/c1-6(9)5-7-3-2-4-8(10)11-7/h6-7,9H,2-5H2,1H3/t6-,7-/m0/s1. The molecule has 0 bridgehead atoms. The third-order valence-electron chi connectivity index (χ3n) is 1.81. The second-order valence-corrected chi connectivity index (χ2v) is 3.09. The van der Waals surface area contributed by atoms with Crippen LogP contribution in [0.25, 0.3) is 0 Å². The summed E-state index contributed by atoms with van der Waals surface area (Å²) in [5, 5.41) is 9.00. The SMILES string of the molecule is C[C@H](O)C[C@@H]1CCCC(=O)O1. The average Bonchev–Trinajstić information content (AvgIpc) is 1.85. The van der Waals surface area contributed by atoms with E-state index >= 15 is 0 Å². The number of hydrogen-bond donors (Lipinski definition) is 1. The molecule has 1 aliphatic heterocycles. The Balaban J connectivity index is 2.28. The molecule has 1 fully saturated rings. The Morgan fingerprint density at radius 2 is 2.55 bits per heavy atom. The van der Waals surface area contributed by atoms with E-state index in [-0.39, 0.29) is 18.2 Å². The lowest BCUT2D eigenvalue weighted by Gasteiger charge is -2.22. The van der Waals surface area contributed by atoms with E-state index in [1.807, 2.05) is 0 Å². The molecule has 0 unspecified atom stereocenters. The van der Waals surface area contributed by atoms with Crippen LogP contribution >= 0.6 is 0 Å². The van der Waals surface area contributed by atoms with Crippen LogP contribution in [-0.2, 0) is 9.53 Å². The molecule has 11 heavy (non-hydrogen) atoms. The van der Waals surface area contributed by atoms with Gasteiger partial charge >= 0.3 is 5.97 Å². The number of aliphatic hydroxyl groups is 1. The van der Waals surface area contributed by atoms with Crippen molar-refractivity contribution < 1.29 is 14.6 Å². The van der Waals surface area contributed by atoms with Crippen molar-refractivity contribution in [2.45, 2.75) is 44.8 Å². The summed E-state index contributed by atoms with van der Waals surface area (Å²) in [6.07, 6.45) is 2.50. The van der Waals surface area contributed by atoms with Gasteiger partial charge in [0.2, 0.25) is 0 Å². The Bertz CT molecular complexity index is 142. The summed E-state index contributed by atoms with van der Waals surface area (Å²) in [6.45, 7) is 1.71. The van der Waals surface area contributed by atoms with Gasteiger partial charge in [0.25, 0.3) is 0 Å². The fraction of sp³-hybridized carbons (Fsp3) is 0.875. The van der Waals surface area contributed by atoms with Crippen molar-refractivity contribution in [2.75, 3.05) is 0 Å². The Morgan fingerprint density at radius 1 is 1.82 bits per heavy atom. The van der Waals surface area contributed by atoms with Gasteiger partial charge in [-0.05, 0) is 19.8 Å². The van der Waals surface area contributed by atoms with Crippen LogP contribution in [-0.4, -0.2) is 23.3 Å². The molecule has 0 aromatic rings. The number of carbonyl (C=O) groups is 1. The molecule has 0 radical (unpaired) electrons. The first-order valence-corrected chi connectivity index (χ1v) is 4.06. The molecule has 0 saturated carbocycles. The second kappa shape index (κ2) is 3.72. The van der Waals surface area contributed by atoms with Crippen LogP contribution < -0.4 is 0 Å². The summed E-state index contributed by atoms with van der Waals surface area (Å²) < 4.78 is 5.00. The molecule has 1 saturated heterocycles. The van der Waals surface area contributed by atoms with Crippen LogP contribution in [0, 0.1) is 0 Å². The Morgan fingerprint density at radius 3 is 3.09 bits per heavy atom. The Hall–Kier alpha value is -0.570. The lowest BCUT2D eigenvalue weighted by molar-refractivity contribution is -0.155. The second-order valence-electron chi connectivity index (χ2n) is 3.09. The molecule has 1 aliphatic rings. The van der Waals surface area contributed by atoms with Crippen molar-refractivity contribution in [1.82, 2.24) is 0 Å². The number of ether oxygens (including phenoxy) is 1. The highest BCUT2D eigenvalue weighted by atomic mass is 16.5. The topological polar surface area (TPSA) is 46.5 Å². The fourth-order valence-electron chi connectivity index (χ4n) is 1.32. The highest BCUT2D eigenvalue weighted by Gasteiger charge is 2.21. The number of rotatable bonds is 2. The third-order valence-corrected chi connectivity index (χ3v) is 1.81. The van der Waals surface area contributed by atoms with Gasteiger partial charge in [0.05, 0.1) is 6.10 Å². The van der Waals surface area contributed by atoms with Crippen LogP contribution in [0.1, 0.15) is 32.6 Å². The minimum Gasteiger partial charge on any atom is -0.462 e. The van der Waals surface area contributed by atoms with Gasteiger partial charge in [0.1, 0.15) is 6.10 Å². The lowest BCUT2D eigenvalue weighted by Crippen LogP contribution is -2.26. The van der Waals surface area contributed by atoms with Gasteiger partial charge in [-0.3, -0.25) is 4.79 Å². The van der Waals surface area contributed by atoms with E-state index in [1.165, 1.54) is 0 Å². The van der Waals surface area contributed by atoms with Crippen LogP contribution in [0.2, 0.25) is 0 Å². The molecule has 3 nitrogen and oxygen atoms in total. The highest BCUT2D eigenvalue weighted by Crippen LogP contribution is 2.17. The van der Waals surface area contributed by atoms with Crippen molar-refractivity contribution >= 4 is 5.97 Å². The van der Waals surface area contributed by atoms with Crippen molar-refractivity contribution in [3.63, 3.8) is 0 Å². The highest BCUT2D eigenvalue weighted by molar-refractivity contribution is 5.70. The Kier molecular flexibility index (Phi) is 2.88. The van der Waals surface area contributed by atoms with Crippen molar-refractivity contribution in [3.8, 4) is 0 Å². The largest absolute Gasteiger partial charge is 0.462 e. The molecule has 0 amide bonds. The number of carbonyl (C=O) groups excluding carboxylic acids is 1. The normalized spacial score (nSPS) is 27.8. The van der Waals surface area contributed by atoms with Crippen molar-refractivity contribution in [3.05, 3.63) is 0 Å². The molecular weight excluding hydrogens is 144 g/mol. The lowest BCUT2D eigenvalue weighted by atomic mass is 10.0. The van der Waals surface area contributed by atoms with Crippen LogP contribution in [0.3, 0.4) is 0 Å². The number of cyclic esters (lactones) is 1. The van der Waals surface area contributed by atoms with Crippen molar-refractivity contribution in [1.29, 1.82) is 0 Å². The number of hydrogen-bond acceptors (Lipinski definition) is 3. The zero-order chi connectivity index (χ0) is 8.27. The van der Waals surface area contributed by atoms with Gasteiger partial charge in [-0.25, -0.2) is 0 Å². The van der Waals surface area contributed by atoms with Crippen LogP contribution in [0.5, 0.6) is 0 Å². The molecule has 3 heteroatoms. The predicted molar refractivity (Wildman–Crippen MR) is 40.0 cm³/mol. The van der Waals surface area contributed by atoms with E-state index < -0.39 is 0 Å². The van der Waals surface area contributed by atoms with Gasteiger partial charge < -0.3 is 9.84 Å². The minimum atomic E-state index is -0.370. The van der Waals surface area contributed by atoms with Crippen LogP contribution in [0.15, 0.2) is 0 Å². The van der Waals surface area contributed by atoms with Crippen molar-refractivity contribution in [2.24, 2.45) is 0 Å². The van der Waals surface area contributed by atoms with Crippen LogP contribution in [0.4, 0.5) is 0 Å². The van der Waals surface area contributed by atoms with Gasteiger partial charge in [-0.1, -0.05) is 0 Å². The summed E-state index contributed by atoms with van der Waals surface area (Å²) >= 11 is 0. The average molecular weight is 158 g/mol. The molecule has 1 heterocycles. The van der Waals surface area contributed by atoms with E-state index in [0.29, 0.717) is 12.8 Å². The first-order valence-electron chi connectivity index (χ1n) is 4.06. The van der Waals surface area contributed by atoms with E-state index in [0.717, 1.165) is 12.8 Å². The maximum atomic E-state index is 10.8. The Labute approximate surface area is 66.4 Å². The molecule has 0 aromatic carbocycles. The molecule has 1 rings (SSSR count). The minimum absolute atomic E-state index is 0.0451. The first-order chi connectivity index (χ1) is 5.18. The molecule has 0 aliphatic carbocycles. The summed E-state index contributed by atoms with van der Waals surface area (Å²) in [6, 6.07) is 0. The van der Waals surface area contributed by atoms with E-state index in [4.69, 9.17) is 9.84 Å². The molecule has 2 atom stereocenters. The zero-order valence-electron chi connectivity index (χ0n) is 6.75. The van der Waals surface area contributed by atoms with Gasteiger partial charge in [-0.15, -0.1) is 0 Å². The summed E-state index contributed by atoms with van der Waals surface area (Å²) in [4.78, 5) is 10.8. The van der Waals surface area contributed by atoms with E-state index in [9.17, 15) is 4.79 Å². The van der Waals surface area contributed by atoms with E-state index in [2.05, 4.69) is 0 Å². The monoisotopic (exact) mass is 158 g/mol. The summed E-state index contributed by atoms with van der Waals surface area (Å²) in [7, 11) is 0. The molecule has 1 N–H and O–H groups in total. The fourth-order valence-corrected chi connectivity index (χ4v) is 1.32. The van der Waals surface area contributed by atoms with Gasteiger partial charge in [-0.2, -0.15) is 0 Å². The third kappa shape index (κ3) is 2.89. The number of esters is 1. The van der Waals surface area contributed by atoms with Gasteiger partial charge in [0.15, 0.2) is 0 Å². The molecular formula is C8H14O3. The van der Waals surface area contributed by atoms with E-state index in [1.54, 1.807) is 6.92 Å². The maximum Gasteiger partial charge on any atom is 0.306 e. The maximum absolute atomic E-state index is 10.8. The smallest absolute Gasteiger partial charge is 0.306 e. The quantitative estimate of drug-likeness (QED) is 0.606. The summed E-state index contributed by atoms with van der Waals surface area (Å²) in [5.74, 6) is -0.123. The molecule has 64 valence electrons. The molecule has 0 aromatic heterocycles. The zero-order valence-corrected chi connectivity index (χ0v) is 6.75. The molecule has 0 spiro atoms. The predicted octanol–water partition coefficient (Wildman–Crippen LogP) is 0.853.